The number of nitrogens with one attached hydrogen (secondary N) is 1. The summed E-state index contributed by atoms with van der Waals surface area (Å²) >= 11 is 0. The quantitative estimate of drug-likeness (QED) is 0.370. The van der Waals surface area contributed by atoms with Crippen molar-refractivity contribution in [1.82, 2.24) is 0 Å². The van der Waals surface area contributed by atoms with E-state index in [4.69, 9.17) is 5.73 Å². The third-order valence-corrected chi connectivity index (χ3v) is 7.44. The van der Waals surface area contributed by atoms with Crippen molar-refractivity contribution in [2.75, 3.05) is 5.32 Å². The van der Waals surface area contributed by atoms with Gasteiger partial charge in [-0.3, -0.25) is 14.6 Å². The molecule has 0 saturated carbocycles. The van der Waals surface area contributed by atoms with Crippen LogP contribution in [0.3, 0.4) is 0 Å². The Balaban J connectivity index is 0.000000210. The van der Waals surface area contributed by atoms with Crippen LogP contribution in [0.5, 0.6) is 0 Å². The maximum absolute atomic E-state index is 13.2. The molecular formula is C34H27N3O2. The first-order valence-electron chi connectivity index (χ1n) is 12.9. The number of nitrogens with two attached hydrogens (primary N) is 1. The number of ketones is 2. The number of allylic oxidation sites excluding steroid dienone is 1. The van der Waals surface area contributed by atoms with Crippen LogP contribution in [0.4, 0.5) is 11.4 Å². The van der Waals surface area contributed by atoms with Gasteiger partial charge in [-0.15, -0.1) is 0 Å². The average molecular weight is 510 g/mol. The van der Waals surface area contributed by atoms with E-state index < -0.39 is 6.04 Å². The lowest BCUT2D eigenvalue weighted by Crippen LogP contribution is -2.47. The summed E-state index contributed by atoms with van der Waals surface area (Å²) in [5, 5.41) is 7.11. The third-order valence-electron chi connectivity index (χ3n) is 7.44. The van der Waals surface area contributed by atoms with Gasteiger partial charge in [0.15, 0.2) is 11.6 Å². The molecule has 190 valence electrons. The summed E-state index contributed by atoms with van der Waals surface area (Å²) in [5.41, 5.74) is 11.3. The van der Waals surface area contributed by atoms with E-state index in [1.54, 1.807) is 13.1 Å². The zero-order chi connectivity index (χ0) is 26.9. The van der Waals surface area contributed by atoms with E-state index in [9.17, 15) is 9.59 Å². The molecule has 1 heterocycles. The highest BCUT2D eigenvalue weighted by Gasteiger charge is 2.34. The van der Waals surface area contributed by atoms with Gasteiger partial charge >= 0.3 is 0 Å². The Morgan fingerprint density at radius 3 is 2.33 bits per heavy atom. The summed E-state index contributed by atoms with van der Waals surface area (Å²) in [7, 11) is 0. The van der Waals surface area contributed by atoms with Crippen LogP contribution in [0.25, 0.3) is 11.6 Å². The van der Waals surface area contributed by atoms with Gasteiger partial charge in [0, 0.05) is 29.5 Å². The predicted molar refractivity (Wildman–Crippen MR) is 156 cm³/mol. The molecule has 2 atom stereocenters. The zero-order valence-corrected chi connectivity index (χ0v) is 21.5. The van der Waals surface area contributed by atoms with E-state index in [-0.39, 0.29) is 17.5 Å². The average Bonchev–Trinajstić information content (AvgIpc) is 3.24. The van der Waals surface area contributed by atoms with E-state index in [1.165, 1.54) is 0 Å². The second-order valence-electron chi connectivity index (χ2n) is 9.72. The molecule has 4 aromatic carbocycles. The molecule has 0 bridgehead atoms. The summed E-state index contributed by atoms with van der Waals surface area (Å²) in [6.07, 6.45) is 7.73. The Bertz CT molecular complexity index is 1910. The fraction of sp³-hybridized carbons (Fsp3) is 0.0882. The van der Waals surface area contributed by atoms with E-state index in [2.05, 4.69) is 40.7 Å². The van der Waals surface area contributed by atoms with Crippen molar-refractivity contribution in [3.05, 3.63) is 141 Å². The van der Waals surface area contributed by atoms with Crippen molar-refractivity contribution in [3.63, 3.8) is 0 Å². The van der Waals surface area contributed by atoms with Crippen molar-refractivity contribution in [1.29, 1.82) is 0 Å². The lowest BCUT2D eigenvalue weighted by molar-refractivity contribution is -0.114. The largest absolute Gasteiger partial charge is 0.360 e. The Hall–Kier alpha value is -4.87. The second kappa shape index (κ2) is 10.1. The van der Waals surface area contributed by atoms with Crippen molar-refractivity contribution in [2.24, 2.45) is 10.7 Å². The molecule has 7 rings (SSSR count). The highest BCUT2D eigenvalue weighted by atomic mass is 16.2. The molecule has 0 spiro atoms. The van der Waals surface area contributed by atoms with Gasteiger partial charge in [0.05, 0.1) is 11.4 Å². The molecule has 0 radical (unpaired) electrons. The monoisotopic (exact) mass is 509 g/mol. The maximum Gasteiger partial charge on any atom is 0.188 e. The van der Waals surface area contributed by atoms with Gasteiger partial charge in [-0.2, -0.15) is 0 Å². The Kier molecular flexibility index (Phi) is 6.35. The van der Waals surface area contributed by atoms with Crippen molar-refractivity contribution >= 4 is 40.8 Å². The van der Waals surface area contributed by atoms with Crippen LogP contribution >= 0.6 is 0 Å². The van der Waals surface area contributed by atoms with Crippen molar-refractivity contribution in [3.8, 4) is 0 Å². The molecule has 0 fully saturated rings. The standard InChI is InChI=1S/C25H19NO2.C9H8N2/c1-14-17-11-12-19-18-10-6-5-9-16(18)13-20(15-7-3-2-4-8-15)21(19)22(17)25(28)23(26)24(14)27;1-2-5-9-8(4-1)10-6-3-7-11-9/h2-13,20,23H,26H2,1H3;1-7,10H. The van der Waals surface area contributed by atoms with E-state index in [1.807, 2.05) is 79.0 Å². The summed E-state index contributed by atoms with van der Waals surface area (Å²) < 4.78 is 0. The topological polar surface area (TPSA) is 84.6 Å². The molecule has 1 aliphatic heterocycles. The molecular weight excluding hydrogens is 482 g/mol. The summed E-state index contributed by atoms with van der Waals surface area (Å²) in [6.45, 7) is 1.76. The van der Waals surface area contributed by atoms with Crippen LogP contribution in [0, 0.1) is 10.4 Å². The van der Waals surface area contributed by atoms with Gasteiger partial charge in [0.2, 0.25) is 0 Å². The SMILES string of the molecule is C1=CNc2ccccc2N=C1.CC1=c2ccc3c(c2C(=O)C(N)C1=O)C(c1ccccc1)C=c1ccccc1=3. The zero-order valence-electron chi connectivity index (χ0n) is 21.5. The van der Waals surface area contributed by atoms with Crippen LogP contribution in [-0.4, -0.2) is 23.8 Å². The Labute approximate surface area is 226 Å². The van der Waals surface area contributed by atoms with E-state index in [0.717, 1.165) is 38.2 Å². The first-order chi connectivity index (χ1) is 19.0. The maximum atomic E-state index is 13.2. The van der Waals surface area contributed by atoms with Gasteiger partial charge in [-0.1, -0.05) is 84.9 Å². The molecule has 5 nitrogen and oxygen atoms in total. The molecule has 3 N–H and O–H groups in total. The fourth-order valence-electron chi connectivity index (χ4n) is 5.48. The number of aliphatic imine (C=N–C) groups is 1. The number of nitrogens with zero attached hydrogens (tertiary/aromatic N) is 1. The van der Waals surface area contributed by atoms with Crippen LogP contribution in [0.2, 0.25) is 0 Å². The number of benzene rings is 4. The lowest BCUT2D eigenvalue weighted by atomic mass is 9.77. The Morgan fingerprint density at radius 2 is 1.49 bits per heavy atom. The second-order valence-corrected chi connectivity index (χ2v) is 9.72. The van der Waals surface area contributed by atoms with Gasteiger partial charge in [0.1, 0.15) is 6.04 Å². The van der Waals surface area contributed by atoms with Gasteiger partial charge in [-0.25, -0.2) is 0 Å². The molecule has 0 amide bonds. The van der Waals surface area contributed by atoms with Gasteiger partial charge in [-0.05, 0) is 57.1 Å². The minimum absolute atomic E-state index is 0.0711. The molecule has 2 aliphatic carbocycles. The highest BCUT2D eigenvalue weighted by molar-refractivity contribution is 6.31. The molecule has 4 aromatic rings. The number of Topliss-reactive ketones (excluding diaryl/α,β-unsaturated/α-hetero) is 2. The van der Waals surface area contributed by atoms with E-state index in [0.29, 0.717) is 16.4 Å². The smallest absolute Gasteiger partial charge is 0.188 e. The van der Waals surface area contributed by atoms with E-state index >= 15 is 0 Å². The van der Waals surface area contributed by atoms with Crippen LogP contribution in [0.1, 0.15) is 34.3 Å². The summed E-state index contributed by atoms with van der Waals surface area (Å²) in [6, 6.07) is 29.1. The summed E-state index contributed by atoms with van der Waals surface area (Å²) in [5.74, 6) is -0.636. The number of para-hydroxylation sites is 2. The molecule has 0 saturated heterocycles. The first kappa shape index (κ1) is 24.5. The van der Waals surface area contributed by atoms with Gasteiger partial charge in [0.25, 0.3) is 0 Å². The number of anilines is 1. The minimum Gasteiger partial charge on any atom is -0.360 e. The van der Waals surface area contributed by atoms with Crippen molar-refractivity contribution < 1.29 is 9.59 Å². The number of hydrogen-bond donors (Lipinski definition) is 2. The molecule has 3 aliphatic rings. The predicted octanol–water partition coefficient (Wildman–Crippen LogP) is 4.49. The van der Waals surface area contributed by atoms with Crippen LogP contribution < -0.4 is 21.5 Å². The van der Waals surface area contributed by atoms with Crippen molar-refractivity contribution in [2.45, 2.75) is 18.9 Å². The highest BCUT2D eigenvalue weighted by Crippen LogP contribution is 2.32. The minimum atomic E-state index is -1.12. The van der Waals surface area contributed by atoms with Crippen LogP contribution in [-0.2, 0) is 4.79 Å². The number of hydrogen-bond acceptors (Lipinski definition) is 5. The lowest BCUT2D eigenvalue weighted by Gasteiger charge is -2.26. The fourth-order valence-corrected chi connectivity index (χ4v) is 5.48. The summed E-state index contributed by atoms with van der Waals surface area (Å²) in [4.78, 5) is 29.8. The number of carbonyl (C=O) groups excluding carboxylic acids is 2. The Morgan fingerprint density at radius 1 is 0.769 bits per heavy atom. The number of carbonyl (C=O) groups is 2. The first-order valence-corrected chi connectivity index (χ1v) is 12.9. The van der Waals surface area contributed by atoms with Gasteiger partial charge < -0.3 is 11.1 Å². The third kappa shape index (κ3) is 4.33. The molecule has 39 heavy (non-hydrogen) atoms. The van der Waals surface area contributed by atoms with Crippen LogP contribution in [0.15, 0.2) is 108 Å². The molecule has 2 unspecified atom stereocenters. The molecule has 5 heteroatoms. The normalized spacial score (nSPS) is 18.3. The number of fused-ring (bicyclic) bond motifs is 5. The number of rotatable bonds is 1. The molecule has 0 aromatic heterocycles.